The van der Waals surface area contributed by atoms with Crippen molar-refractivity contribution in [3.63, 3.8) is 0 Å². The van der Waals surface area contributed by atoms with Gasteiger partial charge in [0.2, 0.25) is 0 Å². The lowest BCUT2D eigenvalue weighted by Crippen LogP contribution is -2.40. The van der Waals surface area contributed by atoms with Crippen molar-refractivity contribution in [3.05, 3.63) is 101 Å². The summed E-state index contributed by atoms with van der Waals surface area (Å²) < 4.78 is 2.08. The Morgan fingerprint density at radius 3 is 2.37 bits per heavy atom. The van der Waals surface area contributed by atoms with Crippen LogP contribution in [0.4, 0.5) is 4.79 Å². The Morgan fingerprint density at radius 1 is 1.00 bits per heavy atom. The quantitative estimate of drug-likeness (QED) is 0.600. The lowest BCUT2D eigenvalue weighted by atomic mass is 9.96. The zero-order chi connectivity index (χ0) is 20.9. The van der Waals surface area contributed by atoms with Crippen LogP contribution in [0.3, 0.4) is 0 Å². The average molecular weight is 401 g/mol. The van der Waals surface area contributed by atoms with Gasteiger partial charge in [-0.1, -0.05) is 72.8 Å². The number of carbonyl (C=O) groups is 1. The summed E-state index contributed by atoms with van der Waals surface area (Å²) in [7, 11) is 0. The first-order chi connectivity index (χ1) is 14.6. The standard InChI is InChI=1S/C25H28N4O/c1-18-24(19(2)29(28-18)17-21-11-7-4-8-12-21)22-13-14-23(15-22)27-25(30)26-16-20-9-5-3-6-10-20/h3-14,22-23H,15-17H2,1-2H3,(H2,26,27,30)/t22-,23-/m1/s1. The van der Waals surface area contributed by atoms with E-state index in [1.54, 1.807) is 0 Å². The molecule has 0 aliphatic heterocycles. The summed E-state index contributed by atoms with van der Waals surface area (Å²) in [6, 6.07) is 20.2. The van der Waals surface area contributed by atoms with E-state index in [1.807, 2.05) is 36.4 Å². The molecule has 5 heteroatoms. The number of carbonyl (C=O) groups excluding carboxylic acids is 1. The Morgan fingerprint density at radius 2 is 1.67 bits per heavy atom. The van der Waals surface area contributed by atoms with E-state index in [-0.39, 0.29) is 18.0 Å². The minimum atomic E-state index is -0.137. The highest BCUT2D eigenvalue weighted by Crippen LogP contribution is 2.33. The van der Waals surface area contributed by atoms with Crippen molar-refractivity contribution in [1.29, 1.82) is 0 Å². The third kappa shape index (κ3) is 4.62. The van der Waals surface area contributed by atoms with Gasteiger partial charge in [-0.05, 0) is 31.4 Å². The van der Waals surface area contributed by atoms with E-state index in [0.717, 1.165) is 24.2 Å². The molecule has 3 aromatic rings. The van der Waals surface area contributed by atoms with Crippen LogP contribution in [0, 0.1) is 13.8 Å². The summed E-state index contributed by atoms with van der Waals surface area (Å²) in [6.45, 7) is 5.51. The number of aromatic nitrogens is 2. The van der Waals surface area contributed by atoms with Crippen molar-refractivity contribution in [2.45, 2.75) is 45.3 Å². The molecule has 4 rings (SSSR count). The molecule has 0 fully saturated rings. The zero-order valence-electron chi connectivity index (χ0n) is 17.5. The second-order valence-electron chi connectivity index (χ2n) is 7.87. The van der Waals surface area contributed by atoms with Crippen molar-refractivity contribution in [2.75, 3.05) is 0 Å². The van der Waals surface area contributed by atoms with E-state index in [2.05, 4.69) is 65.6 Å². The molecule has 0 saturated heterocycles. The third-order valence-corrected chi connectivity index (χ3v) is 5.68. The SMILES string of the molecule is Cc1nn(Cc2ccccc2)c(C)c1[C@@H]1C=C[C@@H](NC(=O)NCc2ccccc2)C1. The van der Waals surface area contributed by atoms with Crippen molar-refractivity contribution >= 4 is 6.03 Å². The van der Waals surface area contributed by atoms with E-state index >= 15 is 0 Å². The number of nitrogens with zero attached hydrogens (tertiary/aromatic N) is 2. The van der Waals surface area contributed by atoms with Gasteiger partial charge in [-0.3, -0.25) is 4.68 Å². The number of benzene rings is 2. The number of urea groups is 1. The summed E-state index contributed by atoms with van der Waals surface area (Å²) in [4.78, 5) is 12.3. The first-order valence-corrected chi connectivity index (χ1v) is 10.4. The second kappa shape index (κ2) is 8.99. The molecular formula is C25H28N4O. The number of amides is 2. The Balaban J connectivity index is 1.35. The van der Waals surface area contributed by atoms with Crippen molar-refractivity contribution < 1.29 is 4.79 Å². The summed E-state index contributed by atoms with van der Waals surface area (Å²) in [5.41, 5.74) is 5.86. The van der Waals surface area contributed by atoms with E-state index in [4.69, 9.17) is 5.10 Å². The number of rotatable bonds is 6. The predicted molar refractivity (Wildman–Crippen MR) is 119 cm³/mol. The number of hydrogen-bond acceptors (Lipinski definition) is 2. The fourth-order valence-corrected chi connectivity index (χ4v) is 4.18. The molecule has 0 saturated carbocycles. The minimum absolute atomic E-state index is 0.0297. The van der Waals surface area contributed by atoms with Crippen LogP contribution in [0.1, 0.15) is 40.4 Å². The van der Waals surface area contributed by atoms with Gasteiger partial charge in [0.05, 0.1) is 12.2 Å². The summed E-state index contributed by atoms with van der Waals surface area (Å²) in [5, 5.41) is 10.8. The number of nitrogens with one attached hydrogen (secondary N) is 2. The van der Waals surface area contributed by atoms with Crippen molar-refractivity contribution in [2.24, 2.45) is 0 Å². The van der Waals surface area contributed by atoms with Crippen LogP contribution in [0.2, 0.25) is 0 Å². The normalized spacial score (nSPS) is 17.8. The van der Waals surface area contributed by atoms with E-state index in [1.165, 1.54) is 16.8 Å². The third-order valence-electron chi connectivity index (χ3n) is 5.68. The van der Waals surface area contributed by atoms with Gasteiger partial charge in [-0.15, -0.1) is 0 Å². The van der Waals surface area contributed by atoms with Gasteiger partial charge in [0.25, 0.3) is 0 Å². The second-order valence-corrected chi connectivity index (χ2v) is 7.87. The molecule has 1 aromatic heterocycles. The molecule has 1 aliphatic carbocycles. The Hall–Kier alpha value is -3.34. The fourth-order valence-electron chi connectivity index (χ4n) is 4.18. The fraction of sp³-hybridized carbons (Fsp3) is 0.280. The molecular weight excluding hydrogens is 372 g/mol. The summed E-state index contributed by atoms with van der Waals surface area (Å²) in [6.07, 6.45) is 5.16. The van der Waals surface area contributed by atoms with E-state index in [9.17, 15) is 4.79 Å². The molecule has 0 unspecified atom stereocenters. The van der Waals surface area contributed by atoms with Crippen molar-refractivity contribution in [3.8, 4) is 0 Å². The van der Waals surface area contributed by atoms with Crippen LogP contribution in [-0.2, 0) is 13.1 Å². The topological polar surface area (TPSA) is 59.0 Å². The Kier molecular flexibility index (Phi) is 5.98. The van der Waals surface area contributed by atoms with Gasteiger partial charge in [0.15, 0.2) is 0 Å². The Bertz CT molecular complexity index is 1020. The molecule has 154 valence electrons. The lowest BCUT2D eigenvalue weighted by Gasteiger charge is -2.15. The predicted octanol–water partition coefficient (Wildman–Crippen LogP) is 4.46. The molecule has 2 amide bonds. The smallest absolute Gasteiger partial charge is 0.315 e. The van der Waals surface area contributed by atoms with Crippen molar-refractivity contribution in [1.82, 2.24) is 20.4 Å². The molecule has 2 aromatic carbocycles. The molecule has 5 nitrogen and oxygen atoms in total. The molecule has 1 aliphatic rings. The lowest BCUT2D eigenvalue weighted by molar-refractivity contribution is 0.238. The van der Waals surface area contributed by atoms with Gasteiger partial charge in [-0.2, -0.15) is 5.10 Å². The molecule has 30 heavy (non-hydrogen) atoms. The van der Waals surface area contributed by atoms with Gasteiger partial charge in [0, 0.05) is 29.8 Å². The maximum atomic E-state index is 12.3. The van der Waals surface area contributed by atoms with E-state index in [0.29, 0.717) is 6.54 Å². The first kappa shape index (κ1) is 20.0. The van der Waals surface area contributed by atoms with Gasteiger partial charge >= 0.3 is 6.03 Å². The van der Waals surface area contributed by atoms with Crippen LogP contribution >= 0.6 is 0 Å². The van der Waals surface area contributed by atoms with Crippen LogP contribution in [0.15, 0.2) is 72.8 Å². The molecule has 2 atom stereocenters. The molecule has 0 bridgehead atoms. The van der Waals surface area contributed by atoms with Gasteiger partial charge in [-0.25, -0.2) is 4.79 Å². The highest BCUT2D eigenvalue weighted by atomic mass is 16.2. The van der Waals surface area contributed by atoms with Gasteiger partial charge < -0.3 is 10.6 Å². The van der Waals surface area contributed by atoms with Gasteiger partial charge in [0.1, 0.15) is 0 Å². The molecule has 0 radical (unpaired) electrons. The van der Waals surface area contributed by atoms with Crippen LogP contribution < -0.4 is 10.6 Å². The number of aryl methyl sites for hydroxylation is 1. The monoisotopic (exact) mass is 400 g/mol. The van der Waals surface area contributed by atoms with Crippen LogP contribution in [0.5, 0.6) is 0 Å². The molecule has 1 heterocycles. The van der Waals surface area contributed by atoms with Crippen LogP contribution in [0.25, 0.3) is 0 Å². The Labute approximate surface area is 177 Å². The van der Waals surface area contributed by atoms with Crippen LogP contribution in [-0.4, -0.2) is 21.9 Å². The maximum Gasteiger partial charge on any atom is 0.315 e. The highest BCUT2D eigenvalue weighted by Gasteiger charge is 2.26. The minimum Gasteiger partial charge on any atom is -0.334 e. The maximum absolute atomic E-state index is 12.3. The number of allylic oxidation sites excluding steroid dienone is 1. The largest absolute Gasteiger partial charge is 0.334 e. The highest BCUT2D eigenvalue weighted by molar-refractivity contribution is 5.74. The number of hydrogen-bond donors (Lipinski definition) is 2. The first-order valence-electron chi connectivity index (χ1n) is 10.4. The van der Waals surface area contributed by atoms with E-state index < -0.39 is 0 Å². The summed E-state index contributed by atoms with van der Waals surface area (Å²) >= 11 is 0. The molecule has 2 N–H and O–H groups in total. The average Bonchev–Trinajstić information content (AvgIpc) is 3.31. The zero-order valence-corrected chi connectivity index (χ0v) is 17.5. The summed E-state index contributed by atoms with van der Waals surface area (Å²) in [5.74, 6) is 0.272. The molecule has 0 spiro atoms.